The maximum Gasteiger partial charge on any atom is 0.356 e. The number of β-lactam (4-membered cyclic amide) rings is 1. The summed E-state index contributed by atoms with van der Waals surface area (Å²) in [6, 6.07) is 35.7. The third-order valence-electron chi connectivity index (χ3n) is 9.29. The molecule has 2 atom stereocenters. The fourth-order valence-electron chi connectivity index (χ4n) is 6.61. The summed E-state index contributed by atoms with van der Waals surface area (Å²) in [5.41, 5.74) is 3.12. The Hall–Kier alpha value is -5.61. The molecule has 3 heterocycles. The zero-order valence-electron chi connectivity index (χ0n) is 26.8. The number of benzene rings is 4. The minimum absolute atomic E-state index is 0.00286. The molecule has 1 spiro atoms. The van der Waals surface area contributed by atoms with Crippen LogP contribution in [0.3, 0.4) is 0 Å². The Kier molecular flexibility index (Phi) is 8.24. The number of rotatable bonds is 10. The molecule has 10 heteroatoms. The van der Waals surface area contributed by atoms with Gasteiger partial charge in [0.1, 0.15) is 35.1 Å². The summed E-state index contributed by atoms with van der Waals surface area (Å²) in [5, 5.41) is 3.19. The highest BCUT2D eigenvalue weighted by atomic mass is 32.2. The number of carbonyl (C=O) groups is 3. The average molecular weight is 685 g/mol. The Balaban J connectivity index is 1.13. The normalized spacial score (nSPS) is 18.8. The Morgan fingerprint density at radius 1 is 0.860 bits per heavy atom. The number of ether oxygens (including phenoxy) is 2. The average Bonchev–Trinajstić information content (AvgIpc) is 3.92. The highest BCUT2D eigenvalue weighted by molar-refractivity contribution is 8.02. The molecule has 2 aliphatic heterocycles. The predicted molar refractivity (Wildman–Crippen MR) is 188 cm³/mol. The van der Waals surface area contributed by atoms with Crippen LogP contribution in [0.15, 0.2) is 142 Å². The molecule has 1 saturated carbocycles. The van der Waals surface area contributed by atoms with Crippen molar-refractivity contribution in [1.29, 1.82) is 0 Å². The van der Waals surface area contributed by atoms with E-state index in [1.165, 1.54) is 11.0 Å². The lowest BCUT2D eigenvalue weighted by atomic mass is 9.98. The third kappa shape index (κ3) is 6.07. The van der Waals surface area contributed by atoms with E-state index in [-0.39, 0.29) is 30.5 Å². The first-order valence-corrected chi connectivity index (χ1v) is 17.3. The third-order valence-corrected chi connectivity index (χ3v) is 11.1. The summed E-state index contributed by atoms with van der Waals surface area (Å²) < 4.78 is 17.5. The number of nitrogens with one attached hydrogen (secondary N) is 1. The summed E-state index contributed by atoms with van der Waals surface area (Å²) in [5.74, 6) is -0.849. The molecule has 1 aliphatic carbocycles. The topological polar surface area (TPSA) is 115 Å². The number of thioether (sulfide) groups is 1. The van der Waals surface area contributed by atoms with E-state index >= 15 is 0 Å². The molecule has 4 aromatic carbocycles. The van der Waals surface area contributed by atoms with Gasteiger partial charge in [0.2, 0.25) is 5.91 Å². The maximum absolute atomic E-state index is 14.5. The zero-order chi connectivity index (χ0) is 34.2. The second-order valence-electron chi connectivity index (χ2n) is 12.6. The van der Waals surface area contributed by atoms with Crippen LogP contribution in [-0.4, -0.2) is 45.5 Å². The van der Waals surface area contributed by atoms with Crippen molar-refractivity contribution in [2.75, 3.05) is 6.61 Å². The molecule has 1 aromatic heterocycles. The van der Waals surface area contributed by atoms with Crippen molar-refractivity contribution in [1.82, 2.24) is 10.2 Å². The Morgan fingerprint density at radius 3 is 2.16 bits per heavy atom. The van der Waals surface area contributed by atoms with E-state index in [2.05, 4.69) is 5.32 Å². The minimum atomic E-state index is -0.790. The molecule has 50 heavy (non-hydrogen) atoms. The van der Waals surface area contributed by atoms with Crippen molar-refractivity contribution in [3.8, 4) is 5.75 Å². The van der Waals surface area contributed by atoms with Crippen molar-refractivity contribution in [2.24, 2.45) is 0 Å². The van der Waals surface area contributed by atoms with Crippen LogP contribution in [0.25, 0.3) is 11.0 Å². The molecule has 1 N–H and O–H groups in total. The van der Waals surface area contributed by atoms with Crippen LogP contribution in [0.1, 0.15) is 35.6 Å². The molecule has 2 fully saturated rings. The van der Waals surface area contributed by atoms with E-state index in [4.69, 9.17) is 13.9 Å². The molecule has 8 rings (SSSR count). The molecule has 2 amide bonds. The van der Waals surface area contributed by atoms with Crippen LogP contribution in [0.2, 0.25) is 0 Å². The van der Waals surface area contributed by atoms with Gasteiger partial charge in [-0.2, -0.15) is 0 Å². The van der Waals surface area contributed by atoms with Crippen LogP contribution in [0, 0.1) is 0 Å². The zero-order valence-corrected chi connectivity index (χ0v) is 27.6. The Bertz CT molecular complexity index is 2140. The first kappa shape index (κ1) is 31.6. The lowest BCUT2D eigenvalue weighted by Crippen LogP contribution is -2.71. The SMILES string of the molecule is O=C(Cc1ccccc1)N[C@@H]1C(=O)N2C(C(=O)OC(c3ccccc3)c3ccccc3)=C(COc3ccc4ccc(=O)oc4c3)C3(CC3)S[C@H]12. The van der Waals surface area contributed by atoms with Crippen LogP contribution in [0.5, 0.6) is 5.75 Å². The fraction of sp³-hybridized carbons (Fsp3) is 0.200. The van der Waals surface area contributed by atoms with Gasteiger partial charge in [-0.05, 0) is 47.7 Å². The molecule has 0 unspecified atom stereocenters. The van der Waals surface area contributed by atoms with Gasteiger partial charge in [0, 0.05) is 27.8 Å². The summed E-state index contributed by atoms with van der Waals surface area (Å²) in [6.45, 7) is 0.00286. The van der Waals surface area contributed by atoms with E-state index in [9.17, 15) is 19.2 Å². The predicted octanol–water partition coefficient (Wildman–Crippen LogP) is 5.93. The molecular weight excluding hydrogens is 653 g/mol. The number of amides is 2. The molecule has 0 bridgehead atoms. The van der Waals surface area contributed by atoms with Gasteiger partial charge in [0.05, 0.1) is 6.42 Å². The number of nitrogens with zero attached hydrogens (tertiary/aromatic N) is 1. The van der Waals surface area contributed by atoms with E-state index in [1.54, 1.807) is 36.0 Å². The second-order valence-corrected chi connectivity index (χ2v) is 14.1. The van der Waals surface area contributed by atoms with Gasteiger partial charge in [0.15, 0.2) is 6.10 Å². The first-order valence-electron chi connectivity index (χ1n) is 16.4. The largest absolute Gasteiger partial charge is 0.489 e. The summed E-state index contributed by atoms with van der Waals surface area (Å²) in [4.78, 5) is 54.9. The van der Waals surface area contributed by atoms with Crippen molar-refractivity contribution < 1.29 is 28.3 Å². The maximum atomic E-state index is 14.5. The van der Waals surface area contributed by atoms with Crippen LogP contribution in [0.4, 0.5) is 0 Å². The smallest absolute Gasteiger partial charge is 0.356 e. The second kappa shape index (κ2) is 13.0. The lowest BCUT2D eigenvalue weighted by molar-refractivity contribution is -0.154. The molecule has 1 saturated heterocycles. The van der Waals surface area contributed by atoms with Gasteiger partial charge < -0.3 is 19.2 Å². The van der Waals surface area contributed by atoms with Crippen molar-refractivity contribution in [3.05, 3.63) is 160 Å². The van der Waals surface area contributed by atoms with E-state index in [0.717, 1.165) is 34.9 Å². The van der Waals surface area contributed by atoms with Crippen molar-refractivity contribution in [3.63, 3.8) is 0 Å². The van der Waals surface area contributed by atoms with Gasteiger partial charge in [0.25, 0.3) is 5.91 Å². The molecule has 5 aromatic rings. The number of fused-ring (bicyclic) bond motifs is 2. The minimum Gasteiger partial charge on any atom is -0.489 e. The van der Waals surface area contributed by atoms with Gasteiger partial charge in [-0.15, -0.1) is 11.8 Å². The number of esters is 1. The highest BCUT2D eigenvalue weighted by Crippen LogP contribution is 2.62. The Labute approximate surface area is 291 Å². The monoisotopic (exact) mass is 684 g/mol. The number of hydrogen-bond acceptors (Lipinski definition) is 8. The van der Waals surface area contributed by atoms with Gasteiger partial charge in [-0.1, -0.05) is 91.0 Å². The number of carbonyl (C=O) groups excluding carboxylic acids is 3. The van der Waals surface area contributed by atoms with E-state index in [1.807, 2.05) is 91.0 Å². The standard InChI is InChI=1S/C40H32N2O7S/c43-32(22-25-10-4-1-5-11-25)41-34-37(45)42-35(39(46)49-36(27-12-6-2-7-13-27)28-14-8-3-9-15-28)30(40(20-21-40)50-38(34)42)24-47-29-18-16-26-17-19-33(44)48-31(26)23-29/h1-19,23,34,36,38H,20-22,24H2,(H,41,43)/t34-,38-/m1/s1. The van der Waals surface area contributed by atoms with Crippen LogP contribution < -0.4 is 15.7 Å². The lowest BCUT2D eigenvalue weighted by Gasteiger charge is -2.52. The van der Waals surface area contributed by atoms with Gasteiger partial charge in [-0.3, -0.25) is 14.5 Å². The van der Waals surface area contributed by atoms with Crippen molar-refractivity contribution >= 4 is 40.5 Å². The van der Waals surface area contributed by atoms with E-state index in [0.29, 0.717) is 16.9 Å². The number of hydrogen-bond donors (Lipinski definition) is 1. The fourth-order valence-corrected chi connectivity index (χ4v) is 8.35. The van der Waals surface area contributed by atoms with E-state index < -0.39 is 33.9 Å². The molecular formula is C40H32N2O7S. The summed E-state index contributed by atoms with van der Waals surface area (Å²) in [6.07, 6.45) is 0.940. The summed E-state index contributed by atoms with van der Waals surface area (Å²) >= 11 is 1.58. The van der Waals surface area contributed by atoms with Crippen LogP contribution >= 0.6 is 11.8 Å². The Morgan fingerprint density at radius 2 is 1.50 bits per heavy atom. The molecule has 3 aliphatic rings. The molecule has 9 nitrogen and oxygen atoms in total. The highest BCUT2D eigenvalue weighted by Gasteiger charge is 2.64. The first-order chi connectivity index (χ1) is 24.4. The molecule has 250 valence electrons. The van der Waals surface area contributed by atoms with Crippen LogP contribution in [-0.2, 0) is 25.5 Å². The molecule has 0 radical (unpaired) electrons. The van der Waals surface area contributed by atoms with Gasteiger partial charge >= 0.3 is 11.6 Å². The quantitative estimate of drug-likeness (QED) is 0.109. The van der Waals surface area contributed by atoms with Gasteiger partial charge in [-0.25, -0.2) is 9.59 Å². The van der Waals surface area contributed by atoms with Crippen molar-refractivity contribution in [2.45, 2.75) is 41.5 Å². The summed E-state index contributed by atoms with van der Waals surface area (Å²) in [7, 11) is 0.